The fourth-order valence-corrected chi connectivity index (χ4v) is 18.3. The first kappa shape index (κ1) is 82.1. The second kappa shape index (κ2) is 35.7. The monoisotopic (exact) mass is 1770 g/mol. The summed E-state index contributed by atoms with van der Waals surface area (Å²) in [6.45, 7) is 8.90. The average Bonchev–Trinajstić information content (AvgIpc) is 0.782. The summed E-state index contributed by atoms with van der Waals surface area (Å²) >= 11 is 12.7. The van der Waals surface area contributed by atoms with Crippen molar-refractivity contribution in [3.05, 3.63) is 269 Å². The first-order valence-electron chi connectivity index (χ1n) is 39.8. The first-order valence-corrected chi connectivity index (χ1v) is 45.2. The van der Waals surface area contributed by atoms with Gasteiger partial charge in [0.05, 0.1) is 10.2 Å². The lowest BCUT2D eigenvalue weighted by atomic mass is 9.85. The van der Waals surface area contributed by atoms with Crippen LogP contribution in [0, 0.1) is 0 Å². The molecule has 20 rings (SSSR count). The molecule has 3 atom stereocenters. The second-order valence-corrected chi connectivity index (χ2v) is 34.5. The number of aryl methyl sites for hydroxylation is 5. The summed E-state index contributed by atoms with van der Waals surface area (Å²) in [6, 6.07) is 48.8. The molecule has 602 valence electrons. The van der Waals surface area contributed by atoms with Gasteiger partial charge in [-0.25, -0.2) is 9.59 Å². The van der Waals surface area contributed by atoms with Gasteiger partial charge in [-0.05, 0) is 281 Å². The third-order valence-corrected chi connectivity index (χ3v) is 25.8. The molecule has 22 heteroatoms. The highest BCUT2D eigenvalue weighted by Crippen LogP contribution is 2.48. The molecule has 0 bridgehead atoms. The van der Waals surface area contributed by atoms with Gasteiger partial charge in [0.1, 0.15) is 61.8 Å². The number of carbonyl (C=O) groups is 10. The maximum Gasteiger partial charge on any atom is 0.323 e. The van der Waals surface area contributed by atoms with Crippen LogP contribution in [0.5, 0.6) is 28.7 Å². The van der Waals surface area contributed by atoms with Crippen LogP contribution in [0.2, 0.25) is 5.02 Å². The third-order valence-electron chi connectivity index (χ3n) is 23.1. The molecule has 10 aromatic carbocycles. The molecule has 0 amide bonds. The fourth-order valence-electron chi connectivity index (χ4n) is 16.9. The van der Waals surface area contributed by atoms with E-state index in [-0.39, 0.29) is 92.9 Å². The van der Waals surface area contributed by atoms with Crippen LogP contribution in [0.15, 0.2) is 158 Å². The van der Waals surface area contributed by atoms with Gasteiger partial charge in [-0.1, -0.05) is 111 Å². The van der Waals surface area contributed by atoms with Gasteiger partial charge in [-0.15, -0.1) is 0 Å². The highest BCUT2D eigenvalue weighted by atomic mass is 79.9. The van der Waals surface area contributed by atoms with Crippen molar-refractivity contribution in [3.63, 3.8) is 0 Å². The van der Waals surface area contributed by atoms with Crippen LogP contribution in [-0.4, -0.2) is 94.4 Å². The summed E-state index contributed by atoms with van der Waals surface area (Å²) in [5, 5.41) is 1.04. The zero-order valence-corrected chi connectivity index (χ0v) is 71.4. The summed E-state index contributed by atoms with van der Waals surface area (Å²) in [5.74, 6) is 4.39. The molecular formula is C97H81Br2ClO17P2. The van der Waals surface area contributed by atoms with Crippen molar-refractivity contribution < 1.29 is 81.1 Å². The van der Waals surface area contributed by atoms with Gasteiger partial charge < -0.3 is 33.2 Å². The van der Waals surface area contributed by atoms with E-state index in [0.717, 1.165) is 220 Å². The maximum absolute atomic E-state index is 12.4. The molecule has 17 nitrogen and oxygen atoms in total. The number of alkyl halides is 2. The van der Waals surface area contributed by atoms with Crippen LogP contribution in [0.3, 0.4) is 0 Å². The molecule has 0 saturated carbocycles. The Labute approximate surface area is 713 Å². The number of rotatable bonds is 11. The largest absolute Gasteiger partial charge is 0.488 e. The standard InChI is InChI=1S/C21H18BrO5P.C21H19O5P.C19H15BrO3.C19H16O2.C17H13ClO2/c1-28-21(25)27-10-18(23)12-2-4-14-13(6-12)9-26-19-8-15-11(7-16(14)19)3-5-17(22)20(15)24;1-27-21(24)26-11-19(23)13-5-6-15-14(7-13)10-25-20-9-16-12(8-17(15)20)3-2-4-18(16)22;20-9-18(22)12-4-5-14-13(6-12)10-23-19-8-15-11(7-16(14)19)2-1-3-17(15)21;1-2-12-6-7-15-14(8-12)11-21-19-10-16-13(9-17(15)19)4-3-5-18(16)20;18-12-4-5-13-11(6-12)9-20-17-8-14-10(7-15(13)17)2-1-3-16(14)19/h2,4,6-8,17,28H,3,5,9-10H2,1H3;5-9,27H,2-4,10-11H2,1H3;4-8H,1-3,9-10H2;2,6-10H,1,3-5,11H2;4-8H,1-3,9H2. The molecule has 10 aliphatic rings. The molecule has 5 aliphatic carbocycles. The predicted molar refractivity (Wildman–Crippen MR) is 469 cm³/mol. The zero-order valence-electron chi connectivity index (χ0n) is 65.4. The lowest BCUT2D eigenvalue weighted by molar-refractivity contribution is 0.0873. The van der Waals surface area contributed by atoms with E-state index in [1.165, 1.54) is 11.1 Å². The number of ether oxygens (including phenoxy) is 7. The number of hydrogen-bond donors (Lipinski definition) is 0. The first-order chi connectivity index (χ1) is 57.7. The Bertz CT molecular complexity index is 5980. The highest BCUT2D eigenvalue weighted by Gasteiger charge is 2.33. The van der Waals surface area contributed by atoms with Gasteiger partial charge in [0.15, 0.2) is 59.5 Å². The number of Topliss-reactive ketones (excluding diaryl/α,β-unsaturated/α-hetero) is 8. The van der Waals surface area contributed by atoms with Gasteiger partial charge in [0.25, 0.3) is 0 Å². The van der Waals surface area contributed by atoms with Crippen LogP contribution in [-0.2, 0) is 74.6 Å². The normalized spacial score (nSPS) is 15.9. The van der Waals surface area contributed by atoms with Crippen LogP contribution in [0.4, 0.5) is 9.59 Å². The van der Waals surface area contributed by atoms with Crippen LogP contribution in [0.25, 0.3) is 61.7 Å². The molecule has 119 heavy (non-hydrogen) atoms. The number of benzene rings is 10. The van der Waals surface area contributed by atoms with E-state index in [4.69, 9.17) is 44.8 Å². The summed E-state index contributed by atoms with van der Waals surface area (Å²) < 4.78 is 39.2. The van der Waals surface area contributed by atoms with Gasteiger partial charge in [0.2, 0.25) is 0 Å². The Morgan fingerprint density at radius 1 is 0.378 bits per heavy atom. The molecule has 0 spiro atoms. The topological polar surface area (TPSA) is 235 Å². The number of halogens is 3. The Kier molecular flexibility index (Phi) is 24.6. The van der Waals surface area contributed by atoms with Crippen molar-refractivity contribution in [1.82, 2.24) is 0 Å². The Balaban J connectivity index is 0.000000112. The van der Waals surface area contributed by atoms with Crippen LogP contribution >= 0.6 is 60.6 Å². The Hall–Kier alpha value is -10.7. The van der Waals surface area contributed by atoms with Gasteiger partial charge in [-0.3, -0.25) is 38.4 Å². The van der Waals surface area contributed by atoms with Crippen molar-refractivity contribution in [2.45, 2.75) is 128 Å². The molecule has 10 aromatic rings. The van der Waals surface area contributed by atoms with Crippen LogP contribution < -0.4 is 23.7 Å². The zero-order chi connectivity index (χ0) is 82.9. The molecule has 3 unspecified atom stereocenters. The number of ketones is 8. The molecule has 0 N–H and O–H groups in total. The third kappa shape index (κ3) is 17.3. The highest BCUT2D eigenvalue weighted by molar-refractivity contribution is 9.10. The summed E-state index contributed by atoms with van der Waals surface area (Å²) in [5.41, 5.74) is 27.3. The van der Waals surface area contributed by atoms with Crippen molar-refractivity contribution in [3.8, 4) is 84.4 Å². The molecule has 0 fully saturated rings. The summed E-state index contributed by atoms with van der Waals surface area (Å²) in [7, 11) is 0.0279. The molecule has 5 heterocycles. The Morgan fingerprint density at radius 3 is 1.03 bits per heavy atom. The number of carbonyl (C=O) groups excluding carboxylic acids is 10. The summed E-state index contributed by atoms with van der Waals surface area (Å²) in [6.07, 6.45) is 13.5. The van der Waals surface area contributed by atoms with Crippen molar-refractivity contribution in [2.75, 3.05) is 31.9 Å². The van der Waals surface area contributed by atoms with E-state index >= 15 is 0 Å². The maximum atomic E-state index is 12.4. The summed E-state index contributed by atoms with van der Waals surface area (Å²) in [4.78, 5) is 119. The smallest absolute Gasteiger partial charge is 0.323 e. The molecule has 0 aromatic heterocycles. The number of fused-ring (bicyclic) bond motifs is 20. The van der Waals surface area contributed by atoms with E-state index < -0.39 is 0 Å². The molecule has 0 saturated heterocycles. The predicted octanol–water partition coefficient (Wildman–Crippen LogP) is 22.3. The van der Waals surface area contributed by atoms with E-state index in [0.29, 0.717) is 92.2 Å². The molecular weight excluding hydrogens is 1690 g/mol. The minimum Gasteiger partial charge on any atom is -0.488 e. The van der Waals surface area contributed by atoms with E-state index in [1.807, 2.05) is 97.1 Å². The number of hydrogen-bond acceptors (Lipinski definition) is 17. The minimum absolute atomic E-state index is 0.0117. The lowest BCUT2D eigenvalue weighted by Crippen LogP contribution is -2.23. The van der Waals surface area contributed by atoms with Crippen molar-refractivity contribution >= 4 is 124 Å². The van der Waals surface area contributed by atoms with Gasteiger partial charge in [-0.2, -0.15) is 0 Å². The van der Waals surface area contributed by atoms with Gasteiger partial charge >= 0.3 is 11.4 Å². The fraction of sp³-hybridized carbons (Fsp3) is 0.258. The van der Waals surface area contributed by atoms with Crippen molar-refractivity contribution in [1.29, 1.82) is 0 Å². The quantitative estimate of drug-likeness (QED) is 0.0665. The minimum atomic E-state index is -0.367. The van der Waals surface area contributed by atoms with E-state index in [9.17, 15) is 47.9 Å². The second-order valence-electron chi connectivity index (χ2n) is 30.5. The SMILES string of the molecule is C=Cc1ccc2c(c1)COc1cc3c(cc1-2)CCCC3=O.CPC(=O)OCC(=O)c1ccc2c(c1)COc1cc3c(cc1-2)CCC(Br)C3=O.CPC(=O)OCC(=O)c1ccc2c(c1)COc1cc3c(cc1-2)CCCC3=O.O=C(CBr)c1ccc2c(c1)COc1cc3c(cc1-2)CCCC3=O.O=C1CCCc2cc3c(cc21)OCc1cc(Cl)ccc1-3. The average molecular weight is 1780 g/mol. The Morgan fingerprint density at radius 2 is 0.689 bits per heavy atom. The van der Waals surface area contributed by atoms with E-state index in [1.54, 1.807) is 37.6 Å². The van der Waals surface area contributed by atoms with Crippen molar-refractivity contribution in [2.24, 2.45) is 0 Å². The lowest BCUT2D eigenvalue weighted by Gasteiger charge is -2.26. The van der Waals surface area contributed by atoms with Gasteiger partial charge in [0, 0.05) is 103 Å². The molecule has 5 aliphatic heterocycles. The molecule has 0 radical (unpaired) electrons. The van der Waals surface area contributed by atoms with Crippen LogP contribution in [0.1, 0.15) is 202 Å². The van der Waals surface area contributed by atoms with E-state index in [2.05, 4.69) is 74.8 Å².